The van der Waals surface area contributed by atoms with Crippen LogP contribution in [-0.4, -0.2) is 32.8 Å². The predicted molar refractivity (Wildman–Crippen MR) is 94.1 cm³/mol. The minimum absolute atomic E-state index is 0.00808. The van der Waals surface area contributed by atoms with E-state index in [2.05, 4.69) is 6.08 Å². The number of carboxylic acids is 1. The molecule has 4 nitrogen and oxygen atoms in total. The zero-order valence-corrected chi connectivity index (χ0v) is 14.4. The molecule has 4 unspecified atom stereocenters. The Kier molecular flexibility index (Phi) is 7.28. The van der Waals surface area contributed by atoms with Crippen molar-refractivity contribution in [2.45, 2.75) is 56.1 Å². The van der Waals surface area contributed by atoms with E-state index in [0.717, 1.165) is 24.0 Å². The van der Waals surface area contributed by atoms with Crippen LogP contribution in [0.4, 0.5) is 0 Å². The van der Waals surface area contributed by atoms with E-state index in [-0.39, 0.29) is 30.2 Å². The summed E-state index contributed by atoms with van der Waals surface area (Å²) in [4.78, 5) is 10.5. The van der Waals surface area contributed by atoms with Gasteiger partial charge in [-0.05, 0) is 42.7 Å². The fraction of sp³-hybridized carbons (Fsp3) is 0.526. The Bertz CT molecular complexity index is 555. The number of aliphatic carboxylic acids is 1. The number of halogens is 1. The zero-order valence-electron chi connectivity index (χ0n) is 13.6. The number of hydrogen-bond acceptors (Lipinski definition) is 3. The molecule has 1 fully saturated rings. The molecule has 5 heteroatoms. The molecule has 1 aromatic rings. The van der Waals surface area contributed by atoms with Crippen molar-refractivity contribution < 1.29 is 20.1 Å². The molecule has 1 aliphatic rings. The maximum absolute atomic E-state index is 10.5. The third kappa shape index (κ3) is 5.07. The monoisotopic (exact) mass is 352 g/mol. The molecule has 2 rings (SSSR count). The molecule has 4 atom stereocenters. The van der Waals surface area contributed by atoms with Gasteiger partial charge in [0.25, 0.3) is 0 Å². The van der Waals surface area contributed by atoms with Crippen molar-refractivity contribution in [3.8, 4) is 0 Å². The van der Waals surface area contributed by atoms with E-state index in [1.165, 1.54) is 0 Å². The standard InChI is InChI=1S/C19H25ClO4/c20-16-11-17(22)19(14-9-7-13(12-21)8-10-14)15(16)5-3-1-2-4-6-18(23)24/h1,3,7-10,15-17,19,21-22H,2,4-6,11-12H2,(H,23,24)/b3-1+. The van der Waals surface area contributed by atoms with E-state index in [4.69, 9.17) is 21.8 Å². The van der Waals surface area contributed by atoms with Gasteiger partial charge in [-0.25, -0.2) is 0 Å². The van der Waals surface area contributed by atoms with Crippen molar-refractivity contribution in [3.63, 3.8) is 0 Å². The first-order valence-electron chi connectivity index (χ1n) is 8.41. The Hall–Kier alpha value is -1.36. The maximum atomic E-state index is 10.5. The van der Waals surface area contributed by atoms with Crippen molar-refractivity contribution in [2.24, 2.45) is 5.92 Å². The van der Waals surface area contributed by atoms with Crippen LogP contribution >= 0.6 is 11.6 Å². The Morgan fingerprint density at radius 3 is 2.58 bits per heavy atom. The molecule has 1 aliphatic carbocycles. The number of benzene rings is 1. The van der Waals surface area contributed by atoms with Gasteiger partial charge in [0.15, 0.2) is 0 Å². The van der Waals surface area contributed by atoms with Gasteiger partial charge in [-0.3, -0.25) is 4.79 Å². The fourth-order valence-electron chi connectivity index (χ4n) is 3.41. The molecule has 0 heterocycles. The smallest absolute Gasteiger partial charge is 0.303 e. The van der Waals surface area contributed by atoms with Crippen LogP contribution in [0.15, 0.2) is 36.4 Å². The van der Waals surface area contributed by atoms with E-state index in [1.807, 2.05) is 30.3 Å². The molecule has 0 aromatic heterocycles. The van der Waals surface area contributed by atoms with Gasteiger partial charge in [-0.2, -0.15) is 0 Å². The Balaban J connectivity index is 1.97. The van der Waals surface area contributed by atoms with Crippen LogP contribution in [0.1, 0.15) is 49.1 Å². The predicted octanol–water partition coefficient (Wildman–Crippen LogP) is 3.45. The summed E-state index contributed by atoms with van der Waals surface area (Å²) in [5.41, 5.74) is 1.90. The number of aliphatic hydroxyl groups is 2. The largest absolute Gasteiger partial charge is 0.481 e. The van der Waals surface area contributed by atoms with E-state index in [9.17, 15) is 9.90 Å². The van der Waals surface area contributed by atoms with E-state index >= 15 is 0 Å². The van der Waals surface area contributed by atoms with Gasteiger partial charge in [-0.15, -0.1) is 11.6 Å². The average molecular weight is 353 g/mol. The third-order valence-electron chi connectivity index (χ3n) is 4.69. The summed E-state index contributed by atoms with van der Waals surface area (Å²) in [7, 11) is 0. The zero-order chi connectivity index (χ0) is 17.5. The second-order valence-corrected chi connectivity index (χ2v) is 6.96. The summed E-state index contributed by atoms with van der Waals surface area (Å²) in [6, 6.07) is 7.67. The molecule has 0 radical (unpaired) electrons. The Morgan fingerprint density at radius 1 is 1.25 bits per heavy atom. The number of allylic oxidation sites excluding steroid dienone is 2. The lowest BCUT2D eigenvalue weighted by atomic mass is 9.85. The first-order chi connectivity index (χ1) is 11.5. The second kappa shape index (κ2) is 9.21. The molecule has 132 valence electrons. The lowest BCUT2D eigenvalue weighted by Crippen LogP contribution is -2.18. The first kappa shape index (κ1) is 19.0. The molecule has 1 aromatic carbocycles. The number of carbonyl (C=O) groups is 1. The van der Waals surface area contributed by atoms with Crippen LogP contribution in [0.5, 0.6) is 0 Å². The summed E-state index contributed by atoms with van der Waals surface area (Å²) in [5, 5.41) is 28.1. The van der Waals surface area contributed by atoms with Crippen LogP contribution in [-0.2, 0) is 11.4 Å². The Labute approximate surface area is 147 Å². The summed E-state index contributed by atoms with van der Waals surface area (Å²) in [6.45, 7) is 0.00808. The highest BCUT2D eigenvalue weighted by Crippen LogP contribution is 2.44. The SMILES string of the molecule is O=C(O)CCC/C=C/CC1C(Cl)CC(O)C1c1ccc(CO)cc1. The normalized spacial score (nSPS) is 27.0. The number of carboxylic acid groups (broad SMARTS) is 1. The summed E-state index contributed by atoms with van der Waals surface area (Å²) in [5.74, 6) is -0.629. The average Bonchev–Trinajstić information content (AvgIpc) is 2.84. The van der Waals surface area contributed by atoms with Crippen LogP contribution in [0.2, 0.25) is 0 Å². The van der Waals surface area contributed by atoms with Gasteiger partial charge in [-0.1, -0.05) is 36.4 Å². The van der Waals surface area contributed by atoms with E-state index < -0.39 is 12.1 Å². The summed E-state index contributed by atoms with van der Waals surface area (Å²) >= 11 is 6.45. The van der Waals surface area contributed by atoms with E-state index in [0.29, 0.717) is 12.8 Å². The van der Waals surface area contributed by atoms with Crippen molar-refractivity contribution >= 4 is 17.6 Å². The number of hydrogen-bond donors (Lipinski definition) is 3. The molecular formula is C19H25ClO4. The second-order valence-electron chi connectivity index (χ2n) is 6.40. The highest BCUT2D eigenvalue weighted by atomic mass is 35.5. The van der Waals surface area contributed by atoms with Gasteiger partial charge in [0.05, 0.1) is 12.7 Å². The van der Waals surface area contributed by atoms with Gasteiger partial charge in [0.2, 0.25) is 0 Å². The molecule has 0 bridgehead atoms. The minimum Gasteiger partial charge on any atom is -0.481 e. The lowest BCUT2D eigenvalue weighted by Gasteiger charge is -2.23. The van der Waals surface area contributed by atoms with Gasteiger partial charge in [0, 0.05) is 17.7 Å². The first-order valence-corrected chi connectivity index (χ1v) is 8.85. The van der Waals surface area contributed by atoms with Crippen LogP contribution < -0.4 is 0 Å². The highest BCUT2D eigenvalue weighted by molar-refractivity contribution is 6.21. The van der Waals surface area contributed by atoms with Crippen molar-refractivity contribution in [3.05, 3.63) is 47.5 Å². The molecule has 0 amide bonds. The fourth-order valence-corrected chi connectivity index (χ4v) is 3.86. The Morgan fingerprint density at radius 2 is 1.96 bits per heavy atom. The van der Waals surface area contributed by atoms with Crippen molar-refractivity contribution in [1.82, 2.24) is 0 Å². The van der Waals surface area contributed by atoms with Crippen molar-refractivity contribution in [1.29, 1.82) is 0 Å². The molecule has 0 spiro atoms. The van der Waals surface area contributed by atoms with Crippen LogP contribution in [0.25, 0.3) is 0 Å². The quantitative estimate of drug-likeness (QED) is 0.380. The summed E-state index contributed by atoms with van der Waals surface area (Å²) in [6.07, 6.45) is 6.50. The third-order valence-corrected chi connectivity index (χ3v) is 5.19. The lowest BCUT2D eigenvalue weighted by molar-refractivity contribution is -0.137. The number of aliphatic hydroxyl groups excluding tert-OH is 2. The van der Waals surface area contributed by atoms with Crippen LogP contribution in [0, 0.1) is 5.92 Å². The molecule has 0 aliphatic heterocycles. The molecule has 0 saturated heterocycles. The topological polar surface area (TPSA) is 77.8 Å². The van der Waals surface area contributed by atoms with E-state index in [1.54, 1.807) is 0 Å². The maximum Gasteiger partial charge on any atom is 0.303 e. The van der Waals surface area contributed by atoms with Crippen LogP contribution in [0.3, 0.4) is 0 Å². The van der Waals surface area contributed by atoms with Gasteiger partial charge < -0.3 is 15.3 Å². The van der Waals surface area contributed by atoms with Crippen molar-refractivity contribution in [2.75, 3.05) is 0 Å². The molecule has 3 N–H and O–H groups in total. The molecular weight excluding hydrogens is 328 g/mol. The number of unbranched alkanes of at least 4 members (excludes halogenated alkanes) is 1. The number of alkyl halides is 1. The number of rotatable bonds is 8. The highest BCUT2D eigenvalue weighted by Gasteiger charge is 2.41. The molecule has 1 saturated carbocycles. The minimum atomic E-state index is -0.769. The van der Waals surface area contributed by atoms with Gasteiger partial charge in [0.1, 0.15) is 0 Å². The van der Waals surface area contributed by atoms with Gasteiger partial charge >= 0.3 is 5.97 Å². The summed E-state index contributed by atoms with van der Waals surface area (Å²) < 4.78 is 0. The molecule has 24 heavy (non-hydrogen) atoms.